The number of ether oxygens (including phenoxy) is 2. The predicted molar refractivity (Wildman–Crippen MR) is 89.5 cm³/mol. The Morgan fingerprint density at radius 1 is 0.609 bits per heavy atom. The van der Waals surface area contributed by atoms with Gasteiger partial charge in [-0.25, -0.2) is 4.39 Å². The van der Waals surface area contributed by atoms with Crippen molar-refractivity contribution >= 4 is 23.2 Å². The topological polar surface area (TPSA) is 18.5 Å². The zero-order valence-corrected chi connectivity index (χ0v) is 13.3. The van der Waals surface area contributed by atoms with Gasteiger partial charge >= 0.3 is 0 Å². The summed E-state index contributed by atoms with van der Waals surface area (Å²) < 4.78 is 24.5. The van der Waals surface area contributed by atoms with E-state index in [0.717, 1.165) is 0 Å². The number of hydrogen-bond donors (Lipinski definition) is 0. The van der Waals surface area contributed by atoms with Crippen molar-refractivity contribution in [2.24, 2.45) is 0 Å². The van der Waals surface area contributed by atoms with Crippen LogP contribution in [0.5, 0.6) is 23.0 Å². The molecule has 5 heteroatoms. The molecule has 0 heterocycles. The second kappa shape index (κ2) is 6.90. The van der Waals surface area contributed by atoms with Gasteiger partial charge in [0.15, 0.2) is 11.5 Å². The molecule has 0 amide bonds. The molecule has 0 bridgehead atoms. The van der Waals surface area contributed by atoms with Crippen molar-refractivity contribution in [2.45, 2.75) is 0 Å². The fraction of sp³-hybridized carbons (Fsp3) is 0. The Morgan fingerprint density at radius 3 is 1.78 bits per heavy atom. The van der Waals surface area contributed by atoms with E-state index in [1.165, 1.54) is 24.3 Å². The van der Waals surface area contributed by atoms with Crippen molar-refractivity contribution in [3.63, 3.8) is 0 Å². The molecule has 0 fully saturated rings. The van der Waals surface area contributed by atoms with Gasteiger partial charge in [0.2, 0.25) is 0 Å². The zero-order chi connectivity index (χ0) is 16.2. The highest BCUT2D eigenvalue weighted by Crippen LogP contribution is 2.37. The lowest BCUT2D eigenvalue weighted by atomic mass is 10.3. The first-order chi connectivity index (χ1) is 11.1. The summed E-state index contributed by atoms with van der Waals surface area (Å²) in [5.74, 6) is 1.68. The maximum Gasteiger partial charge on any atom is 0.171 e. The van der Waals surface area contributed by atoms with E-state index in [1.807, 2.05) is 0 Å². The van der Waals surface area contributed by atoms with Gasteiger partial charge in [-0.15, -0.1) is 0 Å². The minimum atomic E-state index is -0.328. The van der Waals surface area contributed by atoms with Crippen LogP contribution in [0.15, 0.2) is 66.7 Å². The molecule has 2 nitrogen and oxygen atoms in total. The van der Waals surface area contributed by atoms with Crippen molar-refractivity contribution in [1.82, 2.24) is 0 Å². The lowest BCUT2D eigenvalue weighted by molar-refractivity contribution is 0.418. The van der Waals surface area contributed by atoms with Gasteiger partial charge in [-0.1, -0.05) is 23.2 Å². The van der Waals surface area contributed by atoms with Gasteiger partial charge in [-0.3, -0.25) is 0 Å². The summed E-state index contributed by atoms with van der Waals surface area (Å²) >= 11 is 11.9. The molecular formula is C18H11Cl2FO2. The fourth-order valence-corrected chi connectivity index (χ4v) is 2.19. The van der Waals surface area contributed by atoms with Crippen molar-refractivity contribution in [3.8, 4) is 23.0 Å². The Kier molecular flexibility index (Phi) is 4.70. The van der Waals surface area contributed by atoms with Gasteiger partial charge in [-0.05, 0) is 60.7 Å². The summed E-state index contributed by atoms with van der Waals surface area (Å²) in [6.45, 7) is 0. The summed E-state index contributed by atoms with van der Waals surface area (Å²) in [4.78, 5) is 0. The summed E-state index contributed by atoms with van der Waals surface area (Å²) in [7, 11) is 0. The van der Waals surface area contributed by atoms with Crippen LogP contribution in [0.2, 0.25) is 10.0 Å². The maximum atomic E-state index is 13.0. The van der Waals surface area contributed by atoms with E-state index in [0.29, 0.717) is 33.0 Å². The molecule has 23 heavy (non-hydrogen) atoms. The lowest BCUT2D eigenvalue weighted by Gasteiger charge is -2.13. The predicted octanol–water partition coefficient (Wildman–Crippen LogP) is 6.72. The maximum absolute atomic E-state index is 13.0. The SMILES string of the molecule is Fc1ccc(Oc2ccc(Cl)cc2Oc2ccc(Cl)cc2)cc1. The van der Waals surface area contributed by atoms with Gasteiger partial charge < -0.3 is 9.47 Å². The van der Waals surface area contributed by atoms with E-state index in [-0.39, 0.29) is 5.82 Å². The minimum absolute atomic E-state index is 0.328. The van der Waals surface area contributed by atoms with Crippen LogP contribution in [0.1, 0.15) is 0 Å². The van der Waals surface area contributed by atoms with E-state index in [2.05, 4.69) is 0 Å². The minimum Gasteiger partial charge on any atom is -0.453 e. The molecule has 0 saturated heterocycles. The molecule has 0 spiro atoms. The van der Waals surface area contributed by atoms with Gasteiger partial charge in [0.05, 0.1) is 0 Å². The van der Waals surface area contributed by atoms with Gasteiger partial charge in [0.25, 0.3) is 0 Å². The van der Waals surface area contributed by atoms with Crippen LogP contribution < -0.4 is 9.47 Å². The van der Waals surface area contributed by atoms with Crippen LogP contribution in [-0.4, -0.2) is 0 Å². The largest absolute Gasteiger partial charge is 0.453 e. The van der Waals surface area contributed by atoms with Gasteiger partial charge in [-0.2, -0.15) is 0 Å². The average molecular weight is 349 g/mol. The molecular weight excluding hydrogens is 338 g/mol. The van der Waals surface area contributed by atoms with Crippen molar-refractivity contribution in [2.75, 3.05) is 0 Å². The Hall–Kier alpha value is -2.23. The van der Waals surface area contributed by atoms with Crippen LogP contribution >= 0.6 is 23.2 Å². The molecule has 0 N–H and O–H groups in total. The van der Waals surface area contributed by atoms with Crippen molar-refractivity contribution in [3.05, 3.63) is 82.6 Å². The first-order valence-corrected chi connectivity index (χ1v) is 7.52. The molecule has 116 valence electrons. The van der Waals surface area contributed by atoms with Crippen molar-refractivity contribution in [1.29, 1.82) is 0 Å². The molecule has 3 aromatic rings. The average Bonchev–Trinajstić information content (AvgIpc) is 2.54. The summed E-state index contributed by atoms with van der Waals surface area (Å²) in [5, 5.41) is 1.13. The quantitative estimate of drug-likeness (QED) is 0.521. The Labute approximate surface area is 143 Å². The zero-order valence-electron chi connectivity index (χ0n) is 11.8. The van der Waals surface area contributed by atoms with Crippen LogP contribution in [-0.2, 0) is 0 Å². The van der Waals surface area contributed by atoms with Gasteiger partial charge in [0, 0.05) is 16.1 Å². The van der Waals surface area contributed by atoms with Crippen molar-refractivity contribution < 1.29 is 13.9 Å². The summed E-state index contributed by atoms with van der Waals surface area (Å²) in [6, 6.07) is 17.7. The third-order valence-corrected chi connectivity index (χ3v) is 3.48. The monoisotopic (exact) mass is 348 g/mol. The molecule has 0 aliphatic carbocycles. The molecule has 3 aromatic carbocycles. The highest BCUT2D eigenvalue weighted by molar-refractivity contribution is 6.31. The fourth-order valence-electron chi connectivity index (χ4n) is 1.91. The van der Waals surface area contributed by atoms with E-state index < -0.39 is 0 Å². The van der Waals surface area contributed by atoms with Crippen LogP contribution in [0.3, 0.4) is 0 Å². The number of benzene rings is 3. The third-order valence-electron chi connectivity index (χ3n) is 2.99. The van der Waals surface area contributed by atoms with E-state index >= 15 is 0 Å². The molecule has 0 aliphatic heterocycles. The first kappa shape index (κ1) is 15.7. The standard InChI is InChI=1S/C18H11Cl2FO2/c19-12-1-6-15(7-2-12)23-18-11-13(20)3-10-17(18)22-16-8-4-14(21)5-9-16/h1-11H. The first-order valence-electron chi connectivity index (χ1n) is 6.76. The highest BCUT2D eigenvalue weighted by Gasteiger charge is 2.09. The Bertz CT molecular complexity index is 802. The van der Waals surface area contributed by atoms with Gasteiger partial charge in [0.1, 0.15) is 17.3 Å². The molecule has 0 saturated carbocycles. The smallest absolute Gasteiger partial charge is 0.171 e. The second-order valence-corrected chi connectivity index (χ2v) is 5.58. The molecule has 0 radical (unpaired) electrons. The highest BCUT2D eigenvalue weighted by atomic mass is 35.5. The lowest BCUT2D eigenvalue weighted by Crippen LogP contribution is -1.91. The Morgan fingerprint density at radius 2 is 1.13 bits per heavy atom. The van der Waals surface area contributed by atoms with Crippen LogP contribution in [0.25, 0.3) is 0 Å². The third kappa shape index (κ3) is 4.15. The Balaban J connectivity index is 1.88. The second-order valence-electron chi connectivity index (χ2n) is 4.70. The summed E-state index contributed by atoms with van der Waals surface area (Å²) in [6.07, 6.45) is 0. The van der Waals surface area contributed by atoms with E-state index in [1.54, 1.807) is 42.5 Å². The number of hydrogen-bond acceptors (Lipinski definition) is 2. The van der Waals surface area contributed by atoms with Crippen LogP contribution in [0.4, 0.5) is 4.39 Å². The van der Waals surface area contributed by atoms with Crippen LogP contribution in [0, 0.1) is 5.82 Å². The van der Waals surface area contributed by atoms with E-state index in [9.17, 15) is 4.39 Å². The number of rotatable bonds is 4. The molecule has 3 rings (SSSR count). The molecule has 0 unspecified atom stereocenters. The van der Waals surface area contributed by atoms with E-state index in [4.69, 9.17) is 32.7 Å². The molecule has 0 aromatic heterocycles. The summed E-state index contributed by atoms with van der Waals surface area (Å²) in [5.41, 5.74) is 0. The number of halogens is 3. The normalized spacial score (nSPS) is 10.4. The molecule has 0 aliphatic rings. The molecule has 0 atom stereocenters.